The minimum atomic E-state index is -1.77. The molecule has 24 heavy (non-hydrogen) atoms. The largest absolute Gasteiger partial charge is 0.394 e. The molecule has 12 heteroatoms. The Morgan fingerprint density at radius 1 is 0.750 bits per heavy atom. The fraction of sp³-hybridized carbons (Fsp3) is 1.00. The molecule has 12 nitrogen and oxygen atoms in total. The summed E-state index contributed by atoms with van der Waals surface area (Å²) in [4.78, 5) is 4.02. The van der Waals surface area contributed by atoms with Crippen LogP contribution in [0.5, 0.6) is 0 Å². The second-order valence-electron chi connectivity index (χ2n) is 5.65. The maximum atomic E-state index is 9.82. The summed E-state index contributed by atoms with van der Waals surface area (Å²) in [6, 6.07) is 0. The van der Waals surface area contributed by atoms with Crippen LogP contribution in [-0.2, 0) is 19.1 Å². The van der Waals surface area contributed by atoms with E-state index in [4.69, 9.17) is 24.6 Å². The van der Waals surface area contributed by atoms with Gasteiger partial charge in [-0.15, -0.1) is 0 Å². The molecule has 0 saturated carbocycles. The van der Waals surface area contributed by atoms with E-state index < -0.39 is 74.6 Å². The van der Waals surface area contributed by atoms with E-state index in [1.165, 1.54) is 0 Å². The number of aliphatic hydroxyl groups excluding tert-OH is 7. The fourth-order valence-corrected chi connectivity index (χ4v) is 2.58. The minimum Gasteiger partial charge on any atom is -0.394 e. The van der Waals surface area contributed by atoms with Gasteiger partial charge in [0.1, 0.15) is 48.8 Å². The van der Waals surface area contributed by atoms with Crippen molar-refractivity contribution in [3.63, 3.8) is 0 Å². The second-order valence-corrected chi connectivity index (χ2v) is 5.65. The van der Waals surface area contributed by atoms with E-state index in [1.54, 1.807) is 0 Å². The fourth-order valence-electron chi connectivity index (χ4n) is 2.58. The average Bonchev–Trinajstić information content (AvgIpc) is 2.57. The molecule has 10 atom stereocenters. The third kappa shape index (κ3) is 3.85. The Balaban J connectivity index is 1.98. The van der Waals surface area contributed by atoms with Crippen molar-refractivity contribution in [1.82, 2.24) is 0 Å². The summed E-state index contributed by atoms with van der Waals surface area (Å²) in [6.07, 6.45) is -15.4. The van der Waals surface area contributed by atoms with Crippen molar-refractivity contribution >= 4 is 0 Å². The maximum absolute atomic E-state index is 9.82. The van der Waals surface area contributed by atoms with Gasteiger partial charge in [0, 0.05) is 0 Å². The summed E-state index contributed by atoms with van der Waals surface area (Å²) >= 11 is 0. The molecule has 0 aromatic carbocycles. The van der Waals surface area contributed by atoms with E-state index in [0.717, 1.165) is 0 Å². The quantitative estimate of drug-likeness (QED) is 0.172. The highest BCUT2D eigenvalue weighted by Gasteiger charge is 2.47. The molecule has 0 unspecified atom stereocenters. The van der Waals surface area contributed by atoms with Gasteiger partial charge in [0.2, 0.25) is 0 Å². The Kier molecular flexibility index (Phi) is 6.83. The summed E-state index contributed by atoms with van der Waals surface area (Å²) in [7, 11) is 0. The van der Waals surface area contributed by atoms with Gasteiger partial charge in [-0.25, -0.2) is 4.89 Å². The average molecular weight is 358 g/mol. The summed E-state index contributed by atoms with van der Waals surface area (Å²) in [5, 5.41) is 75.6. The van der Waals surface area contributed by atoms with Gasteiger partial charge in [-0.3, -0.25) is 5.26 Å². The molecular weight excluding hydrogens is 336 g/mol. The molecule has 0 amide bonds. The minimum absolute atomic E-state index is 0.491. The van der Waals surface area contributed by atoms with Crippen molar-refractivity contribution in [3.8, 4) is 0 Å². The standard InChI is InChI=1S/C12H22O12/c13-1-3-5(14)6(15)9(18)12(23-3)21-2-4-10(24-20)7(16)8(17)11(19)22-4/h3-20H,1-2H2/t3-,4-,5+,6+,7-,8+,9-,10-,11-,12+/m1/s1. The van der Waals surface area contributed by atoms with Crippen LogP contribution in [0.3, 0.4) is 0 Å². The Morgan fingerprint density at radius 3 is 2.00 bits per heavy atom. The summed E-state index contributed by atoms with van der Waals surface area (Å²) in [5.41, 5.74) is 0. The van der Waals surface area contributed by atoms with Gasteiger partial charge in [-0.1, -0.05) is 0 Å². The Hall–Kier alpha value is -0.480. The molecule has 0 bridgehead atoms. The van der Waals surface area contributed by atoms with Crippen LogP contribution in [0.2, 0.25) is 0 Å². The highest BCUT2D eigenvalue weighted by atomic mass is 17.1. The molecule has 2 aliphatic rings. The van der Waals surface area contributed by atoms with Crippen LogP contribution < -0.4 is 0 Å². The SMILES string of the molecule is OC[C@H]1O[C@H](OC[C@H]2O[C@@H](O)[C@@H](O)[C@@H](O)[C@@H]2OO)[C@H](O)[C@@H](O)[C@H]1O. The molecule has 142 valence electrons. The lowest BCUT2D eigenvalue weighted by molar-refractivity contribution is -0.379. The van der Waals surface area contributed by atoms with Crippen molar-refractivity contribution in [3.05, 3.63) is 0 Å². The molecule has 0 spiro atoms. The van der Waals surface area contributed by atoms with Gasteiger partial charge in [0.05, 0.1) is 13.2 Å². The van der Waals surface area contributed by atoms with Crippen molar-refractivity contribution in [1.29, 1.82) is 0 Å². The first kappa shape index (κ1) is 19.8. The molecule has 0 aromatic rings. The van der Waals surface area contributed by atoms with Crippen LogP contribution in [0.15, 0.2) is 0 Å². The third-order valence-electron chi connectivity index (χ3n) is 4.05. The number of aliphatic hydroxyl groups is 7. The van der Waals surface area contributed by atoms with Gasteiger partial charge in [0.25, 0.3) is 0 Å². The van der Waals surface area contributed by atoms with E-state index in [0.29, 0.717) is 0 Å². The predicted octanol–water partition coefficient (Wildman–Crippen LogP) is -4.90. The Morgan fingerprint density at radius 2 is 1.42 bits per heavy atom. The lowest BCUT2D eigenvalue weighted by atomic mass is 9.98. The van der Waals surface area contributed by atoms with Crippen LogP contribution in [0.4, 0.5) is 0 Å². The number of hydrogen-bond donors (Lipinski definition) is 8. The van der Waals surface area contributed by atoms with Crippen molar-refractivity contribution in [2.75, 3.05) is 13.2 Å². The van der Waals surface area contributed by atoms with Crippen LogP contribution >= 0.6 is 0 Å². The molecule has 0 radical (unpaired) electrons. The monoisotopic (exact) mass is 358 g/mol. The highest BCUT2D eigenvalue weighted by molar-refractivity contribution is 4.91. The zero-order valence-electron chi connectivity index (χ0n) is 12.4. The topological polar surface area (TPSA) is 199 Å². The van der Waals surface area contributed by atoms with E-state index in [2.05, 4.69) is 4.89 Å². The molecular formula is C12H22O12. The Labute approximate surface area is 135 Å². The first-order valence-electron chi connectivity index (χ1n) is 7.23. The molecule has 2 aliphatic heterocycles. The summed E-state index contributed by atoms with van der Waals surface area (Å²) < 4.78 is 15.2. The first-order chi connectivity index (χ1) is 11.3. The van der Waals surface area contributed by atoms with Gasteiger partial charge in [0.15, 0.2) is 12.6 Å². The van der Waals surface area contributed by atoms with Gasteiger partial charge in [-0.2, -0.15) is 0 Å². The first-order valence-corrected chi connectivity index (χ1v) is 7.23. The van der Waals surface area contributed by atoms with Gasteiger partial charge < -0.3 is 50.0 Å². The molecule has 2 heterocycles. The van der Waals surface area contributed by atoms with E-state index in [1.807, 2.05) is 0 Å². The van der Waals surface area contributed by atoms with E-state index in [9.17, 15) is 30.6 Å². The zero-order chi connectivity index (χ0) is 18.0. The highest BCUT2D eigenvalue weighted by Crippen LogP contribution is 2.25. The summed E-state index contributed by atoms with van der Waals surface area (Å²) in [5.74, 6) is 0. The predicted molar refractivity (Wildman–Crippen MR) is 70.1 cm³/mol. The van der Waals surface area contributed by atoms with Gasteiger partial charge >= 0.3 is 0 Å². The van der Waals surface area contributed by atoms with Gasteiger partial charge in [-0.05, 0) is 0 Å². The second kappa shape index (κ2) is 8.27. The van der Waals surface area contributed by atoms with Crippen LogP contribution in [-0.4, -0.2) is 116 Å². The normalized spacial score (nSPS) is 50.0. The summed E-state index contributed by atoms with van der Waals surface area (Å²) in [6.45, 7) is -1.13. The van der Waals surface area contributed by atoms with Crippen molar-refractivity contribution < 1.29 is 60.1 Å². The molecule has 2 saturated heterocycles. The third-order valence-corrected chi connectivity index (χ3v) is 4.05. The molecule has 2 fully saturated rings. The van der Waals surface area contributed by atoms with E-state index >= 15 is 0 Å². The van der Waals surface area contributed by atoms with Crippen LogP contribution in [0, 0.1) is 0 Å². The smallest absolute Gasteiger partial charge is 0.186 e. The maximum Gasteiger partial charge on any atom is 0.186 e. The number of rotatable bonds is 5. The van der Waals surface area contributed by atoms with Crippen molar-refractivity contribution in [2.45, 2.75) is 61.4 Å². The molecule has 2 rings (SSSR count). The van der Waals surface area contributed by atoms with E-state index in [-0.39, 0.29) is 0 Å². The molecule has 0 aromatic heterocycles. The molecule has 8 N–H and O–H groups in total. The Bertz CT molecular complexity index is 394. The molecule has 0 aliphatic carbocycles. The lowest BCUT2D eigenvalue weighted by Gasteiger charge is -2.42. The van der Waals surface area contributed by atoms with Crippen LogP contribution in [0.25, 0.3) is 0 Å². The number of ether oxygens (including phenoxy) is 3. The zero-order valence-corrected chi connectivity index (χ0v) is 12.4. The number of hydrogen-bond acceptors (Lipinski definition) is 12. The van der Waals surface area contributed by atoms with Crippen LogP contribution in [0.1, 0.15) is 0 Å². The lowest BCUT2D eigenvalue weighted by Crippen LogP contribution is -2.61. The van der Waals surface area contributed by atoms with Crippen molar-refractivity contribution in [2.24, 2.45) is 0 Å².